The van der Waals surface area contributed by atoms with E-state index >= 15 is 0 Å². The van der Waals surface area contributed by atoms with Gasteiger partial charge in [0.2, 0.25) is 5.90 Å². The van der Waals surface area contributed by atoms with Crippen LogP contribution in [0.3, 0.4) is 0 Å². The Morgan fingerprint density at radius 2 is 1.58 bits per heavy atom. The van der Waals surface area contributed by atoms with E-state index in [-0.39, 0.29) is 6.04 Å². The number of ether oxygens (including phenoxy) is 1. The Labute approximate surface area is 111 Å². The average Bonchev–Trinajstić information content (AvgIpc) is 2.93. The molecule has 0 radical (unpaired) electrons. The predicted octanol–water partition coefficient (Wildman–Crippen LogP) is 2.77. The minimum atomic E-state index is -0.544. The summed E-state index contributed by atoms with van der Waals surface area (Å²) in [5.74, 6) is 0.534. The van der Waals surface area contributed by atoms with Crippen LogP contribution >= 0.6 is 0 Å². The second-order valence-electron chi connectivity index (χ2n) is 4.37. The number of rotatable bonds is 3. The fourth-order valence-corrected chi connectivity index (χ4v) is 2.16. The van der Waals surface area contributed by atoms with Gasteiger partial charge in [-0.05, 0) is 17.7 Å². The lowest BCUT2D eigenvalue weighted by atomic mass is 10.0. The van der Waals surface area contributed by atoms with E-state index in [9.17, 15) is 4.79 Å². The highest BCUT2D eigenvalue weighted by Gasteiger charge is 2.32. The average molecular weight is 251 g/mol. The molecule has 0 amide bonds. The summed E-state index contributed by atoms with van der Waals surface area (Å²) in [5.41, 5.74) is 1.89. The van der Waals surface area contributed by atoms with Gasteiger partial charge in [-0.15, -0.1) is 0 Å². The summed E-state index contributed by atoms with van der Waals surface area (Å²) >= 11 is 0. The molecule has 0 saturated carbocycles. The molecule has 0 N–H and O–H groups in total. The molecule has 1 unspecified atom stereocenters. The predicted molar refractivity (Wildman–Crippen MR) is 73.1 cm³/mol. The molecule has 0 saturated heterocycles. The van der Waals surface area contributed by atoms with Crippen LogP contribution in [0.5, 0.6) is 0 Å². The third-order valence-corrected chi connectivity index (χ3v) is 3.11. The van der Waals surface area contributed by atoms with Crippen molar-refractivity contribution in [3.8, 4) is 0 Å². The number of hydrogen-bond donors (Lipinski definition) is 0. The molecule has 3 heteroatoms. The summed E-state index contributed by atoms with van der Waals surface area (Å²) in [6.07, 6.45) is 0.273. The second-order valence-corrected chi connectivity index (χ2v) is 4.37. The van der Waals surface area contributed by atoms with Crippen LogP contribution in [0, 0.1) is 0 Å². The zero-order valence-corrected chi connectivity index (χ0v) is 10.3. The first-order valence-electron chi connectivity index (χ1n) is 6.18. The van der Waals surface area contributed by atoms with Gasteiger partial charge < -0.3 is 4.74 Å². The molecule has 2 aromatic rings. The van der Waals surface area contributed by atoms with Gasteiger partial charge in [0.1, 0.15) is 6.04 Å². The maximum Gasteiger partial charge on any atom is 0.217 e. The number of carbonyl (C=O) groups is 1. The second kappa shape index (κ2) is 5.06. The summed E-state index contributed by atoms with van der Waals surface area (Å²) in [4.78, 5) is 15.7. The molecule has 1 aliphatic heterocycles. The third-order valence-electron chi connectivity index (χ3n) is 3.11. The highest BCUT2D eigenvalue weighted by atomic mass is 16.5. The van der Waals surface area contributed by atoms with Crippen molar-refractivity contribution in [3.05, 3.63) is 71.8 Å². The van der Waals surface area contributed by atoms with Crippen LogP contribution in [0.1, 0.15) is 17.2 Å². The Morgan fingerprint density at radius 3 is 2.21 bits per heavy atom. The highest BCUT2D eigenvalue weighted by molar-refractivity contribution is 5.96. The first-order valence-corrected chi connectivity index (χ1v) is 6.18. The lowest BCUT2D eigenvalue weighted by molar-refractivity contribution is -0.114. The Hall–Kier alpha value is -2.42. The van der Waals surface area contributed by atoms with Crippen LogP contribution in [0.15, 0.2) is 65.7 Å². The fraction of sp³-hybridized carbons (Fsp3) is 0.125. The molecule has 2 atom stereocenters. The summed E-state index contributed by atoms with van der Waals surface area (Å²) in [5, 5.41) is 0. The van der Waals surface area contributed by atoms with Crippen LogP contribution in [0.4, 0.5) is 0 Å². The third kappa shape index (κ3) is 2.27. The van der Waals surface area contributed by atoms with Crippen LogP contribution < -0.4 is 0 Å². The van der Waals surface area contributed by atoms with Gasteiger partial charge in [-0.2, -0.15) is 0 Å². The van der Waals surface area contributed by atoms with Crippen molar-refractivity contribution < 1.29 is 9.53 Å². The molecule has 3 nitrogen and oxygen atoms in total. The summed E-state index contributed by atoms with van der Waals surface area (Å²) in [6, 6.07) is 19.1. The van der Waals surface area contributed by atoms with Crippen molar-refractivity contribution >= 4 is 12.2 Å². The van der Waals surface area contributed by atoms with Gasteiger partial charge in [-0.1, -0.05) is 48.5 Å². The van der Waals surface area contributed by atoms with Gasteiger partial charge in [-0.25, -0.2) is 4.99 Å². The number of carbonyl (C=O) groups excluding carboxylic acids is 1. The molecule has 0 bridgehead atoms. The quantitative estimate of drug-likeness (QED) is 0.787. The van der Waals surface area contributed by atoms with Gasteiger partial charge in [0, 0.05) is 5.56 Å². The van der Waals surface area contributed by atoms with Crippen molar-refractivity contribution in [1.82, 2.24) is 0 Å². The van der Waals surface area contributed by atoms with Crippen molar-refractivity contribution in [1.29, 1.82) is 0 Å². The first-order chi connectivity index (χ1) is 9.38. The molecule has 2 aromatic carbocycles. The molecule has 0 aliphatic carbocycles. The van der Waals surface area contributed by atoms with Crippen LogP contribution in [-0.2, 0) is 9.53 Å². The van der Waals surface area contributed by atoms with E-state index in [1.807, 2.05) is 60.7 Å². The maximum atomic E-state index is 11.2. The van der Waals surface area contributed by atoms with E-state index in [4.69, 9.17) is 4.74 Å². The fourth-order valence-electron chi connectivity index (χ4n) is 2.16. The van der Waals surface area contributed by atoms with Gasteiger partial charge in [0.05, 0.1) is 0 Å². The van der Waals surface area contributed by atoms with E-state index in [1.54, 1.807) is 0 Å². The number of nitrogens with zero attached hydrogens (tertiary/aromatic N) is 1. The van der Waals surface area contributed by atoms with Crippen molar-refractivity contribution in [2.45, 2.75) is 12.1 Å². The van der Waals surface area contributed by atoms with Gasteiger partial charge >= 0.3 is 0 Å². The van der Waals surface area contributed by atoms with E-state index in [0.717, 1.165) is 17.4 Å². The van der Waals surface area contributed by atoms with Crippen LogP contribution in [0.2, 0.25) is 0 Å². The Kier molecular flexibility index (Phi) is 3.11. The largest absolute Gasteiger partial charge is 0.464 e. The summed E-state index contributed by atoms with van der Waals surface area (Å²) in [7, 11) is 0. The van der Waals surface area contributed by atoms with E-state index < -0.39 is 6.10 Å². The monoisotopic (exact) mass is 251 g/mol. The standard InChI is InChI=1S/C16H13NO2/c18-11-14-15(12-7-3-1-4-8-12)17-16(19-14)13-9-5-2-6-10-13/h1-11,14-15H/t14?,15-/m0/s1. The number of benzene rings is 2. The Morgan fingerprint density at radius 1 is 0.947 bits per heavy atom. The summed E-state index contributed by atoms with van der Waals surface area (Å²) in [6.45, 7) is 0. The van der Waals surface area contributed by atoms with Crippen molar-refractivity contribution in [3.63, 3.8) is 0 Å². The van der Waals surface area contributed by atoms with Crippen LogP contribution in [0.25, 0.3) is 0 Å². The molecule has 0 aromatic heterocycles. The molecular weight excluding hydrogens is 238 g/mol. The molecular formula is C16H13NO2. The zero-order valence-electron chi connectivity index (χ0n) is 10.3. The molecule has 0 spiro atoms. The minimum absolute atomic E-state index is 0.256. The van der Waals surface area contributed by atoms with Gasteiger partial charge in [0.25, 0.3) is 0 Å². The highest BCUT2D eigenvalue weighted by Crippen LogP contribution is 2.29. The van der Waals surface area contributed by atoms with Crippen LogP contribution in [-0.4, -0.2) is 18.3 Å². The number of aliphatic imine (C=N–C) groups is 1. The smallest absolute Gasteiger partial charge is 0.217 e. The number of aldehydes is 1. The molecule has 3 rings (SSSR count). The van der Waals surface area contributed by atoms with Gasteiger partial charge in [0.15, 0.2) is 12.4 Å². The lowest BCUT2D eigenvalue weighted by Crippen LogP contribution is -2.18. The molecule has 1 aliphatic rings. The topological polar surface area (TPSA) is 38.7 Å². The molecule has 19 heavy (non-hydrogen) atoms. The van der Waals surface area contributed by atoms with E-state index in [0.29, 0.717) is 5.90 Å². The molecule has 1 heterocycles. The molecule has 0 fully saturated rings. The maximum absolute atomic E-state index is 11.2. The Balaban J connectivity index is 1.96. The first kappa shape index (κ1) is 11.7. The summed E-state index contributed by atoms with van der Waals surface area (Å²) < 4.78 is 5.65. The zero-order chi connectivity index (χ0) is 13.1. The van der Waals surface area contributed by atoms with Crippen molar-refractivity contribution in [2.75, 3.05) is 0 Å². The van der Waals surface area contributed by atoms with E-state index in [1.165, 1.54) is 0 Å². The normalized spacial score (nSPS) is 21.6. The SMILES string of the molecule is O=CC1OC(c2ccccc2)=N[C@H]1c1ccccc1. The van der Waals surface area contributed by atoms with Gasteiger partial charge in [-0.3, -0.25) is 4.79 Å². The van der Waals surface area contributed by atoms with Crippen molar-refractivity contribution in [2.24, 2.45) is 4.99 Å². The lowest BCUT2D eigenvalue weighted by Gasteiger charge is -2.11. The minimum Gasteiger partial charge on any atom is -0.464 e. The molecule has 94 valence electrons. The Bertz CT molecular complexity index is 593. The number of hydrogen-bond acceptors (Lipinski definition) is 3. The van der Waals surface area contributed by atoms with E-state index in [2.05, 4.69) is 4.99 Å².